The summed E-state index contributed by atoms with van der Waals surface area (Å²) in [6.07, 6.45) is 0. The zero-order valence-electron chi connectivity index (χ0n) is 15.1. The van der Waals surface area contributed by atoms with E-state index in [2.05, 4.69) is 4.98 Å². The SMILES string of the molecule is COc1cc(-c2c(C#N)c(N)nc(C)c2-c2ccccc2)cc([N+](=O)[O-])c1O. The highest BCUT2D eigenvalue weighted by Crippen LogP contribution is 2.45. The molecule has 0 saturated carbocycles. The summed E-state index contributed by atoms with van der Waals surface area (Å²) >= 11 is 0. The van der Waals surface area contributed by atoms with E-state index in [1.807, 2.05) is 36.4 Å². The normalized spacial score (nSPS) is 10.3. The van der Waals surface area contributed by atoms with Gasteiger partial charge in [-0.3, -0.25) is 10.1 Å². The van der Waals surface area contributed by atoms with Crippen LogP contribution in [0.1, 0.15) is 11.3 Å². The number of hydrogen-bond acceptors (Lipinski definition) is 7. The number of nitrogen functional groups attached to an aromatic ring is 1. The lowest BCUT2D eigenvalue weighted by atomic mass is 9.89. The van der Waals surface area contributed by atoms with Gasteiger partial charge in [0.25, 0.3) is 0 Å². The number of aromatic nitrogens is 1. The number of methoxy groups -OCH3 is 1. The Bertz CT molecular complexity index is 1120. The molecule has 2 aromatic carbocycles. The molecule has 0 amide bonds. The summed E-state index contributed by atoms with van der Waals surface area (Å²) in [7, 11) is 1.29. The number of pyridine rings is 1. The highest BCUT2D eigenvalue weighted by molar-refractivity contribution is 5.92. The van der Waals surface area contributed by atoms with Crippen molar-refractivity contribution in [3.05, 3.63) is 63.8 Å². The Hall–Kier alpha value is -4.12. The Labute approximate surface area is 160 Å². The van der Waals surface area contributed by atoms with Crippen LogP contribution in [0.3, 0.4) is 0 Å². The molecule has 0 saturated heterocycles. The van der Waals surface area contributed by atoms with E-state index < -0.39 is 16.4 Å². The van der Waals surface area contributed by atoms with Gasteiger partial charge in [-0.25, -0.2) is 4.98 Å². The van der Waals surface area contributed by atoms with Gasteiger partial charge in [0.2, 0.25) is 5.75 Å². The summed E-state index contributed by atoms with van der Waals surface area (Å²) in [5.74, 6) is -0.653. The molecule has 0 bridgehead atoms. The van der Waals surface area contributed by atoms with Crippen LogP contribution in [0.25, 0.3) is 22.3 Å². The molecule has 0 aliphatic carbocycles. The maximum absolute atomic E-state index is 11.4. The number of phenolic OH excluding ortho intramolecular Hbond substituents is 1. The number of nitrogens with two attached hydrogens (primary N) is 1. The van der Waals surface area contributed by atoms with Crippen LogP contribution in [-0.4, -0.2) is 22.1 Å². The molecule has 0 aliphatic rings. The van der Waals surface area contributed by atoms with Gasteiger partial charge in [0, 0.05) is 22.9 Å². The van der Waals surface area contributed by atoms with Crippen molar-refractivity contribution in [2.45, 2.75) is 6.92 Å². The second-order valence-corrected chi connectivity index (χ2v) is 5.99. The highest BCUT2D eigenvalue weighted by Gasteiger charge is 2.25. The van der Waals surface area contributed by atoms with Crippen LogP contribution in [-0.2, 0) is 0 Å². The lowest BCUT2D eigenvalue weighted by Gasteiger charge is -2.17. The zero-order valence-corrected chi connectivity index (χ0v) is 15.1. The van der Waals surface area contributed by atoms with E-state index in [9.17, 15) is 20.5 Å². The molecule has 8 heteroatoms. The fraction of sp³-hybridized carbons (Fsp3) is 0.100. The van der Waals surface area contributed by atoms with E-state index in [4.69, 9.17) is 10.5 Å². The Morgan fingerprint density at radius 3 is 2.46 bits per heavy atom. The number of aromatic hydroxyl groups is 1. The minimum absolute atomic E-state index is 0.0179. The fourth-order valence-corrected chi connectivity index (χ4v) is 3.12. The lowest BCUT2D eigenvalue weighted by Crippen LogP contribution is -2.04. The Morgan fingerprint density at radius 1 is 1.21 bits per heavy atom. The second-order valence-electron chi connectivity index (χ2n) is 5.99. The molecule has 0 spiro atoms. The molecule has 0 unspecified atom stereocenters. The van der Waals surface area contributed by atoms with Crippen LogP contribution in [0.15, 0.2) is 42.5 Å². The largest absolute Gasteiger partial charge is 0.500 e. The van der Waals surface area contributed by atoms with Gasteiger partial charge >= 0.3 is 5.69 Å². The maximum atomic E-state index is 11.4. The topological polar surface area (TPSA) is 135 Å². The number of ether oxygens (including phenoxy) is 1. The quantitative estimate of drug-likeness (QED) is 0.522. The number of hydrogen-bond donors (Lipinski definition) is 2. The van der Waals surface area contributed by atoms with E-state index in [0.717, 1.165) is 5.56 Å². The second kappa shape index (κ2) is 7.25. The standard InChI is InChI=1S/C20H16N4O4/c1-11-17(12-6-4-3-5-7-12)18(14(10-21)20(22)23-11)13-8-15(24(26)27)19(25)16(9-13)28-2/h3-9,25H,1-2H3,(H2,22,23). The van der Waals surface area contributed by atoms with Crippen molar-refractivity contribution in [1.29, 1.82) is 5.26 Å². The first-order chi connectivity index (χ1) is 13.4. The Kier molecular flexibility index (Phi) is 4.83. The van der Waals surface area contributed by atoms with Gasteiger partial charge in [-0.15, -0.1) is 0 Å². The summed E-state index contributed by atoms with van der Waals surface area (Å²) in [6.45, 7) is 1.75. The molecule has 1 heterocycles. The monoisotopic (exact) mass is 376 g/mol. The average Bonchev–Trinajstić information content (AvgIpc) is 2.68. The van der Waals surface area contributed by atoms with Crippen LogP contribution >= 0.6 is 0 Å². The first kappa shape index (κ1) is 18.7. The van der Waals surface area contributed by atoms with E-state index in [-0.39, 0.29) is 17.1 Å². The molecule has 140 valence electrons. The van der Waals surface area contributed by atoms with Gasteiger partial charge in [0.15, 0.2) is 5.75 Å². The highest BCUT2D eigenvalue weighted by atomic mass is 16.6. The van der Waals surface area contributed by atoms with E-state index in [1.165, 1.54) is 19.2 Å². The predicted octanol–water partition coefficient (Wildman–Crippen LogP) is 3.80. The number of nitro groups is 1. The maximum Gasteiger partial charge on any atom is 0.315 e. The van der Waals surface area contributed by atoms with Crippen molar-refractivity contribution < 1.29 is 14.8 Å². The Balaban J connectivity index is 2.47. The average molecular weight is 376 g/mol. The molecule has 0 aliphatic heterocycles. The number of nitrogens with zero attached hydrogens (tertiary/aromatic N) is 3. The molecule has 0 fully saturated rings. The summed E-state index contributed by atoms with van der Waals surface area (Å²) < 4.78 is 5.09. The summed E-state index contributed by atoms with van der Waals surface area (Å²) in [5.41, 5.74) is 8.18. The minimum atomic E-state index is -0.715. The van der Waals surface area contributed by atoms with Gasteiger partial charge in [0.05, 0.1) is 12.0 Å². The smallest absolute Gasteiger partial charge is 0.315 e. The number of rotatable bonds is 4. The molecule has 0 radical (unpaired) electrons. The van der Waals surface area contributed by atoms with Crippen LogP contribution in [0.4, 0.5) is 11.5 Å². The van der Waals surface area contributed by atoms with E-state index >= 15 is 0 Å². The summed E-state index contributed by atoms with van der Waals surface area (Å²) in [6, 6.07) is 13.9. The molecular weight excluding hydrogens is 360 g/mol. The third kappa shape index (κ3) is 3.05. The van der Waals surface area contributed by atoms with Gasteiger partial charge < -0.3 is 15.6 Å². The van der Waals surface area contributed by atoms with Gasteiger partial charge in [-0.1, -0.05) is 30.3 Å². The van der Waals surface area contributed by atoms with Crippen molar-refractivity contribution in [2.24, 2.45) is 0 Å². The predicted molar refractivity (Wildman–Crippen MR) is 104 cm³/mol. The zero-order chi connectivity index (χ0) is 20.4. The molecule has 0 atom stereocenters. The van der Waals surface area contributed by atoms with E-state index in [1.54, 1.807) is 6.92 Å². The van der Waals surface area contributed by atoms with Crippen LogP contribution in [0, 0.1) is 28.4 Å². The summed E-state index contributed by atoms with van der Waals surface area (Å²) in [4.78, 5) is 15.0. The fourth-order valence-electron chi connectivity index (χ4n) is 3.12. The molecule has 3 aromatic rings. The number of phenols is 1. The number of benzene rings is 2. The van der Waals surface area contributed by atoms with Crippen LogP contribution in [0.2, 0.25) is 0 Å². The number of anilines is 1. The first-order valence-electron chi connectivity index (χ1n) is 8.20. The van der Waals surface area contributed by atoms with Crippen LogP contribution < -0.4 is 10.5 Å². The van der Waals surface area contributed by atoms with Gasteiger partial charge in [-0.2, -0.15) is 5.26 Å². The molecule has 8 nitrogen and oxygen atoms in total. The molecule has 3 rings (SSSR count). The number of nitro benzene ring substituents is 1. The molecule has 28 heavy (non-hydrogen) atoms. The first-order valence-corrected chi connectivity index (χ1v) is 8.20. The minimum Gasteiger partial charge on any atom is -0.500 e. The Morgan fingerprint density at radius 2 is 1.89 bits per heavy atom. The molecular formula is C20H16N4O4. The van der Waals surface area contributed by atoms with Crippen molar-refractivity contribution in [2.75, 3.05) is 12.8 Å². The van der Waals surface area contributed by atoms with Gasteiger partial charge in [0.1, 0.15) is 17.5 Å². The van der Waals surface area contributed by atoms with Crippen molar-refractivity contribution in [3.63, 3.8) is 0 Å². The molecule has 3 N–H and O–H groups in total. The van der Waals surface area contributed by atoms with Gasteiger partial charge in [-0.05, 0) is 24.1 Å². The summed E-state index contributed by atoms with van der Waals surface area (Å²) in [5, 5.41) is 31.2. The number of nitriles is 1. The lowest BCUT2D eigenvalue weighted by molar-refractivity contribution is -0.385. The van der Waals surface area contributed by atoms with E-state index in [0.29, 0.717) is 22.4 Å². The van der Waals surface area contributed by atoms with Crippen molar-refractivity contribution in [1.82, 2.24) is 4.98 Å². The third-order valence-corrected chi connectivity index (χ3v) is 4.34. The van der Waals surface area contributed by atoms with Crippen molar-refractivity contribution >= 4 is 11.5 Å². The van der Waals surface area contributed by atoms with Crippen molar-refractivity contribution in [3.8, 4) is 39.8 Å². The third-order valence-electron chi connectivity index (χ3n) is 4.34. The van der Waals surface area contributed by atoms with Crippen LogP contribution in [0.5, 0.6) is 11.5 Å². The molecule has 1 aromatic heterocycles. The number of aryl methyl sites for hydroxylation is 1.